The van der Waals surface area contributed by atoms with E-state index < -0.39 is 0 Å². The molecule has 0 aromatic carbocycles. The van der Waals surface area contributed by atoms with Gasteiger partial charge in [-0.25, -0.2) is 0 Å². The Hall–Kier alpha value is -0.930. The van der Waals surface area contributed by atoms with Crippen molar-refractivity contribution in [2.45, 2.75) is 12.3 Å². The van der Waals surface area contributed by atoms with Crippen LogP contribution in [0.15, 0.2) is 23.7 Å². The van der Waals surface area contributed by atoms with Crippen molar-refractivity contribution in [2.24, 2.45) is 0 Å². The van der Waals surface area contributed by atoms with Crippen LogP contribution in [0.4, 0.5) is 0 Å². The molecule has 1 saturated heterocycles. The molecule has 2 aromatic rings. The lowest BCUT2D eigenvalue weighted by molar-refractivity contribution is 0.743. The third-order valence-corrected chi connectivity index (χ3v) is 3.74. The molecule has 14 heavy (non-hydrogen) atoms. The van der Waals surface area contributed by atoms with Crippen LogP contribution < -0.4 is 5.32 Å². The summed E-state index contributed by atoms with van der Waals surface area (Å²) >= 11 is 1.80. The normalized spacial score (nSPS) is 21.9. The summed E-state index contributed by atoms with van der Waals surface area (Å²) in [6.45, 7) is 2.22. The Labute approximate surface area is 87.0 Å². The van der Waals surface area contributed by atoms with Gasteiger partial charge in [0.2, 0.25) is 0 Å². The summed E-state index contributed by atoms with van der Waals surface area (Å²) < 4.78 is 1.36. The van der Waals surface area contributed by atoms with Crippen molar-refractivity contribution in [2.75, 3.05) is 13.1 Å². The monoisotopic (exact) mass is 204 g/mol. The van der Waals surface area contributed by atoms with Crippen LogP contribution in [-0.4, -0.2) is 18.1 Å². The second kappa shape index (κ2) is 3.33. The molecule has 0 bridgehead atoms. The average molecular weight is 204 g/mol. The minimum Gasteiger partial charge on any atom is -0.316 e. The summed E-state index contributed by atoms with van der Waals surface area (Å²) in [6.07, 6.45) is 3.16. The first-order valence-electron chi connectivity index (χ1n) is 4.98. The molecule has 1 unspecified atom stereocenters. The summed E-state index contributed by atoms with van der Waals surface area (Å²) in [5.74, 6) is 0.619. The predicted octanol–water partition coefficient (Wildman–Crippen LogP) is 2.37. The van der Waals surface area contributed by atoms with Gasteiger partial charge in [-0.3, -0.25) is 4.98 Å². The highest BCUT2D eigenvalue weighted by Gasteiger charge is 2.19. The molecular formula is C11H12N2S. The van der Waals surface area contributed by atoms with Crippen LogP contribution in [0, 0.1) is 0 Å². The summed E-state index contributed by atoms with van der Waals surface area (Å²) in [4.78, 5) is 4.53. The van der Waals surface area contributed by atoms with E-state index in [1.54, 1.807) is 11.3 Å². The lowest BCUT2D eigenvalue weighted by Crippen LogP contribution is -2.08. The first kappa shape index (κ1) is 8.38. The fourth-order valence-electron chi connectivity index (χ4n) is 2.13. The number of hydrogen-bond donors (Lipinski definition) is 1. The average Bonchev–Trinajstić information content (AvgIpc) is 2.88. The molecule has 1 N–H and O–H groups in total. The Balaban J connectivity index is 2.14. The van der Waals surface area contributed by atoms with Crippen LogP contribution in [0.3, 0.4) is 0 Å². The number of thiophene rings is 1. The highest BCUT2D eigenvalue weighted by Crippen LogP contribution is 2.30. The van der Waals surface area contributed by atoms with Crippen LogP contribution in [-0.2, 0) is 0 Å². The second-order valence-corrected chi connectivity index (χ2v) is 4.67. The molecule has 0 aliphatic carbocycles. The Kier molecular flexibility index (Phi) is 2.00. The second-order valence-electron chi connectivity index (χ2n) is 3.72. The van der Waals surface area contributed by atoms with Crippen LogP contribution in [0.1, 0.15) is 18.0 Å². The van der Waals surface area contributed by atoms with Gasteiger partial charge in [0.15, 0.2) is 0 Å². The van der Waals surface area contributed by atoms with Gasteiger partial charge in [-0.1, -0.05) is 0 Å². The first-order valence-corrected chi connectivity index (χ1v) is 5.86. The molecule has 0 radical (unpaired) electrons. The third-order valence-electron chi connectivity index (χ3n) is 2.86. The van der Waals surface area contributed by atoms with Crippen LogP contribution in [0.25, 0.3) is 10.1 Å². The summed E-state index contributed by atoms with van der Waals surface area (Å²) in [5, 5.41) is 6.90. The molecule has 1 aliphatic rings. The molecule has 0 amide bonds. The number of pyridine rings is 1. The van der Waals surface area contributed by atoms with Crippen molar-refractivity contribution in [1.29, 1.82) is 0 Å². The number of fused-ring (bicyclic) bond motifs is 1. The van der Waals surface area contributed by atoms with Gasteiger partial charge in [0, 0.05) is 28.7 Å². The molecule has 1 atom stereocenters. The van der Waals surface area contributed by atoms with E-state index in [0.29, 0.717) is 5.92 Å². The SMILES string of the molecule is c1cc2sccc2c(C2CCNC2)n1. The van der Waals surface area contributed by atoms with Gasteiger partial charge < -0.3 is 5.32 Å². The molecule has 1 fully saturated rings. The van der Waals surface area contributed by atoms with E-state index in [1.807, 2.05) is 6.20 Å². The molecule has 2 aromatic heterocycles. The van der Waals surface area contributed by atoms with E-state index in [4.69, 9.17) is 0 Å². The Morgan fingerprint density at radius 3 is 3.29 bits per heavy atom. The molecule has 3 heteroatoms. The Morgan fingerprint density at radius 2 is 2.43 bits per heavy atom. The maximum Gasteiger partial charge on any atom is 0.0534 e. The first-order chi connectivity index (χ1) is 6.95. The number of aromatic nitrogens is 1. The van der Waals surface area contributed by atoms with E-state index in [2.05, 4.69) is 27.8 Å². The minimum atomic E-state index is 0.619. The molecule has 0 saturated carbocycles. The molecule has 2 nitrogen and oxygen atoms in total. The van der Waals surface area contributed by atoms with Crippen LogP contribution in [0.2, 0.25) is 0 Å². The van der Waals surface area contributed by atoms with Crippen LogP contribution >= 0.6 is 11.3 Å². The summed E-state index contributed by atoms with van der Waals surface area (Å²) in [7, 11) is 0. The molecule has 1 aliphatic heterocycles. The Morgan fingerprint density at radius 1 is 1.43 bits per heavy atom. The topological polar surface area (TPSA) is 24.9 Å². The molecule has 0 spiro atoms. The van der Waals surface area contributed by atoms with Gasteiger partial charge >= 0.3 is 0 Å². The standard InChI is InChI=1S/C11H12N2S/c1-4-12-7-8(1)11-9-3-6-14-10(9)2-5-13-11/h2-3,5-6,8,12H,1,4,7H2. The summed E-state index contributed by atoms with van der Waals surface area (Å²) in [6, 6.07) is 4.30. The van der Waals surface area contributed by atoms with Crippen molar-refractivity contribution in [3.63, 3.8) is 0 Å². The van der Waals surface area contributed by atoms with Gasteiger partial charge in [0.05, 0.1) is 5.69 Å². The van der Waals surface area contributed by atoms with Gasteiger partial charge in [-0.05, 0) is 30.5 Å². The van der Waals surface area contributed by atoms with Crippen molar-refractivity contribution in [3.05, 3.63) is 29.4 Å². The maximum absolute atomic E-state index is 4.53. The largest absolute Gasteiger partial charge is 0.316 e. The fraction of sp³-hybridized carbons (Fsp3) is 0.364. The van der Waals surface area contributed by atoms with E-state index >= 15 is 0 Å². The zero-order chi connectivity index (χ0) is 9.38. The smallest absolute Gasteiger partial charge is 0.0534 e. The van der Waals surface area contributed by atoms with E-state index in [-0.39, 0.29) is 0 Å². The predicted molar refractivity (Wildman–Crippen MR) is 59.8 cm³/mol. The molecular weight excluding hydrogens is 192 g/mol. The van der Waals surface area contributed by atoms with Gasteiger partial charge in [-0.15, -0.1) is 11.3 Å². The number of nitrogens with one attached hydrogen (secondary N) is 1. The van der Waals surface area contributed by atoms with Crippen molar-refractivity contribution < 1.29 is 0 Å². The highest BCUT2D eigenvalue weighted by atomic mass is 32.1. The minimum absolute atomic E-state index is 0.619. The molecule has 3 rings (SSSR count). The van der Waals surface area contributed by atoms with E-state index in [0.717, 1.165) is 13.1 Å². The fourth-order valence-corrected chi connectivity index (χ4v) is 2.92. The Bertz CT molecular complexity index is 443. The molecule has 72 valence electrons. The van der Waals surface area contributed by atoms with Gasteiger partial charge in [-0.2, -0.15) is 0 Å². The van der Waals surface area contributed by atoms with Crippen molar-refractivity contribution in [3.8, 4) is 0 Å². The number of nitrogens with zero attached hydrogens (tertiary/aromatic N) is 1. The van der Waals surface area contributed by atoms with Crippen LogP contribution in [0.5, 0.6) is 0 Å². The quantitative estimate of drug-likeness (QED) is 0.771. The summed E-state index contributed by atoms with van der Waals surface area (Å²) in [5.41, 5.74) is 1.29. The van der Waals surface area contributed by atoms with Gasteiger partial charge in [0.25, 0.3) is 0 Å². The lowest BCUT2D eigenvalue weighted by Gasteiger charge is -2.08. The lowest BCUT2D eigenvalue weighted by atomic mass is 10.0. The van der Waals surface area contributed by atoms with E-state index in [1.165, 1.54) is 22.2 Å². The van der Waals surface area contributed by atoms with E-state index in [9.17, 15) is 0 Å². The van der Waals surface area contributed by atoms with Gasteiger partial charge in [0.1, 0.15) is 0 Å². The van der Waals surface area contributed by atoms with Crippen molar-refractivity contribution >= 4 is 21.4 Å². The highest BCUT2D eigenvalue weighted by molar-refractivity contribution is 7.17. The third kappa shape index (κ3) is 1.24. The maximum atomic E-state index is 4.53. The number of hydrogen-bond acceptors (Lipinski definition) is 3. The molecule has 3 heterocycles. The van der Waals surface area contributed by atoms with Crippen molar-refractivity contribution in [1.82, 2.24) is 10.3 Å². The zero-order valence-corrected chi connectivity index (χ0v) is 8.68. The number of rotatable bonds is 1. The zero-order valence-electron chi connectivity index (χ0n) is 7.86.